The number of oxime groups is 1. The van der Waals surface area contributed by atoms with Crippen LogP contribution in [-0.4, -0.2) is 23.2 Å². The highest BCUT2D eigenvalue weighted by Crippen LogP contribution is 2.34. The van der Waals surface area contributed by atoms with Crippen LogP contribution in [0.2, 0.25) is 0 Å². The van der Waals surface area contributed by atoms with Crippen LogP contribution in [0.15, 0.2) is 39.3 Å². The number of hydrogen-bond acceptors (Lipinski definition) is 5. The maximum atomic E-state index is 12.3. The van der Waals surface area contributed by atoms with E-state index in [2.05, 4.69) is 5.16 Å². The third-order valence-electron chi connectivity index (χ3n) is 3.31. The second kappa shape index (κ2) is 6.41. The van der Waals surface area contributed by atoms with Gasteiger partial charge in [0.05, 0.1) is 17.5 Å². The lowest BCUT2D eigenvalue weighted by atomic mass is 9.83. The smallest absolute Gasteiger partial charge is 0.168 e. The fraction of sp³-hybridized carbons (Fsp3) is 0.467. The van der Waals surface area contributed by atoms with E-state index < -0.39 is 0 Å². The zero-order valence-electron chi connectivity index (χ0n) is 11.8. The molecule has 0 aromatic carbocycles. The molecule has 1 unspecified atom stereocenters. The minimum atomic E-state index is -0.115. The summed E-state index contributed by atoms with van der Waals surface area (Å²) in [5.41, 5.74) is 0.816. The molecule has 1 atom stereocenters. The molecule has 0 fully saturated rings. The Morgan fingerprint density at radius 2 is 2.30 bits per heavy atom. The molecule has 0 spiro atoms. The molecule has 0 bridgehead atoms. The summed E-state index contributed by atoms with van der Waals surface area (Å²) in [4.78, 5) is 17.3. The predicted octanol–water partition coefficient (Wildman–Crippen LogP) is 3.34. The number of hydrogen-bond donors (Lipinski definition) is 1. The summed E-state index contributed by atoms with van der Waals surface area (Å²) in [5.74, 6) is 0.577. The summed E-state index contributed by atoms with van der Waals surface area (Å²) in [6, 6.07) is 3.61. The van der Waals surface area contributed by atoms with Gasteiger partial charge in [0.15, 0.2) is 5.78 Å². The van der Waals surface area contributed by atoms with Crippen molar-refractivity contribution in [2.45, 2.75) is 39.0 Å². The zero-order chi connectivity index (χ0) is 14.5. The van der Waals surface area contributed by atoms with Gasteiger partial charge in [-0.25, -0.2) is 0 Å². The molecule has 0 amide bonds. The molecule has 1 aromatic rings. The number of ketones is 1. The number of carbonyl (C=O) groups is 1. The van der Waals surface area contributed by atoms with Crippen LogP contribution < -0.4 is 0 Å². The number of allylic oxidation sites excluding steroid dienone is 2. The Bertz CT molecular complexity index is 528. The Morgan fingerprint density at radius 3 is 2.85 bits per heavy atom. The Kier molecular flexibility index (Phi) is 4.61. The average Bonchev–Trinajstić information content (AvgIpc) is 2.95. The molecule has 5 nitrogen and oxygen atoms in total. The van der Waals surface area contributed by atoms with Gasteiger partial charge in [0.2, 0.25) is 0 Å². The highest BCUT2D eigenvalue weighted by atomic mass is 16.6. The predicted molar refractivity (Wildman–Crippen MR) is 74.7 cm³/mol. The molecule has 2 rings (SSSR count). The minimum Gasteiger partial charge on any atom is -0.511 e. The normalized spacial score (nSPS) is 20.4. The molecule has 1 aliphatic rings. The maximum Gasteiger partial charge on any atom is 0.168 e. The Balaban J connectivity index is 2.26. The molecular weight excluding hydrogens is 258 g/mol. The van der Waals surface area contributed by atoms with Gasteiger partial charge in [-0.2, -0.15) is 0 Å². The number of nitrogens with zero attached hydrogens (tertiary/aromatic N) is 1. The van der Waals surface area contributed by atoms with Crippen LogP contribution in [0.5, 0.6) is 0 Å². The summed E-state index contributed by atoms with van der Waals surface area (Å²) in [6.07, 6.45) is 2.82. The van der Waals surface area contributed by atoms with Crippen LogP contribution in [0.1, 0.15) is 44.8 Å². The zero-order valence-corrected chi connectivity index (χ0v) is 11.8. The minimum absolute atomic E-state index is 0.0722. The van der Waals surface area contributed by atoms with E-state index in [1.54, 1.807) is 12.3 Å². The van der Waals surface area contributed by atoms with Crippen LogP contribution in [0.4, 0.5) is 0 Å². The van der Waals surface area contributed by atoms with Crippen molar-refractivity contribution in [1.82, 2.24) is 0 Å². The highest BCUT2D eigenvalue weighted by Gasteiger charge is 2.32. The molecule has 20 heavy (non-hydrogen) atoms. The molecule has 1 aromatic heterocycles. The van der Waals surface area contributed by atoms with Crippen molar-refractivity contribution in [3.63, 3.8) is 0 Å². The molecule has 0 radical (unpaired) electrons. The van der Waals surface area contributed by atoms with E-state index in [1.165, 1.54) is 0 Å². The van der Waals surface area contributed by atoms with Gasteiger partial charge in [0.1, 0.15) is 18.1 Å². The summed E-state index contributed by atoms with van der Waals surface area (Å²) < 4.78 is 5.32. The molecule has 1 N–H and O–H groups in total. The van der Waals surface area contributed by atoms with Gasteiger partial charge in [0, 0.05) is 18.8 Å². The number of aliphatic hydroxyl groups excluding tert-OH is 1. The maximum absolute atomic E-state index is 12.3. The Morgan fingerprint density at radius 1 is 1.50 bits per heavy atom. The van der Waals surface area contributed by atoms with Crippen molar-refractivity contribution in [3.8, 4) is 0 Å². The van der Waals surface area contributed by atoms with E-state index in [4.69, 9.17) is 9.25 Å². The average molecular weight is 277 g/mol. The second-order valence-electron chi connectivity index (χ2n) is 4.67. The van der Waals surface area contributed by atoms with Gasteiger partial charge in [0.25, 0.3) is 0 Å². The van der Waals surface area contributed by atoms with E-state index in [-0.39, 0.29) is 17.5 Å². The fourth-order valence-corrected chi connectivity index (χ4v) is 2.38. The summed E-state index contributed by atoms with van der Waals surface area (Å²) in [7, 11) is 0. The number of Topliss-reactive ketones (excluding diaryl/α,β-unsaturated/α-hetero) is 1. The standard InChI is InChI=1S/C15H19NO4/c1-3-11(16-20-4-2)15-12(17)8-10(9-13(15)18)14-6-5-7-19-14/h5-7,10,17H,3-4,8-9H2,1-2H3. The van der Waals surface area contributed by atoms with Crippen LogP contribution in [-0.2, 0) is 9.63 Å². The molecule has 0 saturated carbocycles. The van der Waals surface area contributed by atoms with Gasteiger partial charge >= 0.3 is 0 Å². The number of rotatable bonds is 5. The van der Waals surface area contributed by atoms with Crippen molar-refractivity contribution in [2.75, 3.05) is 6.61 Å². The SMILES string of the molecule is CCON=C(CC)C1=C(O)CC(c2ccco2)CC1=O. The van der Waals surface area contributed by atoms with Crippen molar-refractivity contribution in [2.24, 2.45) is 5.16 Å². The summed E-state index contributed by atoms with van der Waals surface area (Å²) >= 11 is 0. The molecule has 0 saturated heterocycles. The van der Waals surface area contributed by atoms with E-state index in [0.29, 0.717) is 37.2 Å². The third kappa shape index (κ3) is 2.92. The third-order valence-corrected chi connectivity index (χ3v) is 3.31. The van der Waals surface area contributed by atoms with Gasteiger partial charge in [-0.15, -0.1) is 0 Å². The topological polar surface area (TPSA) is 72.0 Å². The van der Waals surface area contributed by atoms with Crippen LogP contribution >= 0.6 is 0 Å². The van der Waals surface area contributed by atoms with E-state index >= 15 is 0 Å². The van der Waals surface area contributed by atoms with Crippen molar-refractivity contribution < 1.29 is 19.2 Å². The molecule has 5 heteroatoms. The molecule has 1 heterocycles. The first-order valence-electron chi connectivity index (χ1n) is 6.85. The van der Waals surface area contributed by atoms with Crippen LogP contribution in [0.3, 0.4) is 0 Å². The summed E-state index contributed by atoms with van der Waals surface area (Å²) in [5, 5.41) is 14.1. The first kappa shape index (κ1) is 14.4. The molecule has 0 aliphatic heterocycles. The first-order valence-corrected chi connectivity index (χ1v) is 6.85. The lowest BCUT2D eigenvalue weighted by Crippen LogP contribution is -2.23. The Hall–Kier alpha value is -2.04. The molecular formula is C15H19NO4. The first-order chi connectivity index (χ1) is 9.67. The lowest BCUT2D eigenvalue weighted by Gasteiger charge is -2.22. The molecule has 1 aliphatic carbocycles. The quantitative estimate of drug-likeness (QED) is 0.661. The largest absolute Gasteiger partial charge is 0.511 e. The second-order valence-corrected chi connectivity index (χ2v) is 4.67. The summed E-state index contributed by atoms with van der Waals surface area (Å²) in [6.45, 7) is 4.13. The van der Waals surface area contributed by atoms with Crippen LogP contribution in [0, 0.1) is 0 Å². The van der Waals surface area contributed by atoms with E-state index in [0.717, 1.165) is 5.76 Å². The van der Waals surface area contributed by atoms with Gasteiger partial charge in [-0.05, 0) is 25.5 Å². The number of carbonyl (C=O) groups excluding carboxylic acids is 1. The van der Waals surface area contributed by atoms with Crippen molar-refractivity contribution in [3.05, 3.63) is 35.5 Å². The number of aliphatic hydroxyl groups is 1. The van der Waals surface area contributed by atoms with Gasteiger partial charge in [-0.3, -0.25) is 4.79 Å². The van der Waals surface area contributed by atoms with Gasteiger partial charge < -0.3 is 14.4 Å². The van der Waals surface area contributed by atoms with E-state index in [1.807, 2.05) is 19.9 Å². The monoisotopic (exact) mass is 277 g/mol. The van der Waals surface area contributed by atoms with Crippen molar-refractivity contribution >= 4 is 11.5 Å². The van der Waals surface area contributed by atoms with Crippen LogP contribution in [0.25, 0.3) is 0 Å². The van der Waals surface area contributed by atoms with Crippen molar-refractivity contribution in [1.29, 1.82) is 0 Å². The number of furan rings is 1. The fourth-order valence-electron chi connectivity index (χ4n) is 2.38. The lowest BCUT2D eigenvalue weighted by molar-refractivity contribution is -0.116. The van der Waals surface area contributed by atoms with E-state index in [9.17, 15) is 9.90 Å². The molecule has 108 valence electrons. The highest BCUT2D eigenvalue weighted by molar-refractivity contribution is 6.23. The van der Waals surface area contributed by atoms with Gasteiger partial charge in [-0.1, -0.05) is 12.1 Å². The Labute approximate surface area is 117 Å².